The summed E-state index contributed by atoms with van der Waals surface area (Å²) in [5.41, 5.74) is 1.37. The quantitative estimate of drug-likeness (QED) is 0.819. The van der Waals surface area contributed by atoms with Crippen LogP contribution in [0.4, 0.5) is 10.1 Å². The van der Waals surface area contributed by atoms with Crippen LogP contribution in [-0.2, 0) is 16.0 Å². The van der Waals surface area contributed by atoms with Gasteiger partial charge in [0.05, 0.1) is 12.1 Å². The maximum atomic E-state index is 13.1. The third-order valence-electron chi connectivity index (χ3n) is 3.43. The fraction of sp³-hybridized carbons (Fsp3) is 0.222. The van der Waals surface area contributed by atoms with Crippen molar-refractivity contribution in [1.82, 2.24) is 5.32 Å². The van der Waals surface area contributed by atoms with E-state index in [-0.39, 0.29) is 24.1 Å². The van der Waals surface area contributed by atoms with Crippen LogP contribution in [0.1, 0.15) is 12.5 Å². The molecule has 4 nitrogen and oxygen atoms in total. The molecule has 24 heavy (non-hydrogen) atoms. The first-order valence-corrected chi connectivity index (χ1v) is 8.30. The molecule has 6 heteroatoms. The number of hydrogen-bond acceptors (Lipinski definition) is 2. The summed E-state index contributed by atoms with van der Waals surface area (Å²) in [7, 11) is 0. The van der Waals surface area contributed by atoms with Gasteiger partial charge in [-0.15, -0.1) is 0 Å². The minimum absolute atomic E-state index is 0.104. The third kappa shape index (κ3) is 5.16. The molecule has 2 aromatic carbocycles. The van der Waals surface area contributed by atoms with Crippen molar-refractivity contribution in [2.24, 2.45) is 0 Å². The van der Waals surface area contributed by atoms with Gasteiger partial charge in [-0.25, -0.2) is 4.39 Å². The van der Waals surface area contributed by atoms with E-state index in [1.165, 1.54) is 19.1 Å². The predicted molar refractivity (Wildman–Crippen MR) is 95.3 cm³/mol. The second-order valence-electron chi connectivity index (χ2n) is 5.28. The van der Waals surface area contributed by atoms with Crippen LogP contribution in [0.15, 0.2) is 53.0 Å². The van der Waals surface area contributed by atoms with E-state index >= 15 is 0 Å². The van der Waals surface area contributed by atoms with Crippen molar-refractivity contribution in [1.29, 1.82) is 0 Å². The van der Waals surface area contributed by atoms with E-state index in [9.17, 15) is 14.0 Å². The number of carbonyl (C=O) groups is 2. The van der Waals surface area contributed by atoms with Gasteiger partial charge in [0.1, 0.15) is 5.82 Å². The number of amides is 2. The van der Waals surface area contributed by atoms with E-state index in [1.807, 2.05) is 24.3 Å². The number of carbonyl (C=O) groups excluding carboxylic acids is 2. The van der Waals surface area contributed by atoms with Crippen LogP contribution in [0.2, 0.25) is 0 Å². The van der Waals surface area contributed by atoms with E-state index < -0.39 is 0 Å². The second-order valence-corrected chi connectivity index (χ2v) is 6.13. The summed E-state index contributed by atoms with van der Waals surface area (Å²) in [5.74, 6) is -0.686. The molecule has 0 saturated heterocycles. The van der Waals surface area contributed by atoms with Gasteiger partial charge in [0.15, 0.2) is 0 Å². The molecule has 0 unspecified atom stereocenters. The fourth-order valence-corrected chi connectivity index (χ4v) is 2.82. The van der Waals surface area contributed by atoms with Gasteiger partial charge in [0, 0.05) is 24.5 Å². The van der Waals surface area contributed by atoms with Gasteiger partial charge >= 0.3 is 0 Å². The van der Waals surface area contributed by atoms with Crippen LogP contribution in [0.5, 0.6) is 0 Å². The molecule has 0 aliphatic rings. The molecule has 0 bridgehead atoms. The maximum absolute atomic E-state index is 13.1. The standard InChI is InChI=1S/C18H18BrFN2O2/c1-13(23)22(17-8-3-2-7-16(17)19)10-9-21-18(24)12-14-5-4-6-15(20)11-14/h2-8,11H,9-10,12H2,1H3,(H,21,24). The van der Waals surface area contributed by atoms with Crippen molar-refractivity contribution in [3.63, 3.8) is 0 Å². The van der Waals surface area contributed by atoms with Gasteiger partial charge in [-0.2, -0.15) is 0 Å². The van der Waals surface area contributed by atoms with Gasteiger partial charge in [-0.05, 0) is 45.8 Å². The molecule has 2 rings (SSSR count). The Morgan fingerprint density at radius 1 is 1.17 bits per heavy atom. The Hall–Kier alpha value is -2.21. The van der Waals surface area contributed by atoms with Crippen molar-refractivity contribution in [2.45, 2.75) is 13.3 Å². The van der Waals surface area contributed by atoms with E-state index in [0.717, 1.165) is 10.2 Å². The van der Waals surface area contributed by atoms with Crippen LogP contribution >= 0.6 is 15.9 Å². The molecule has 0 atom stereocenters. The molecule has 0 aliphatic carbocycles. The largest absolute Gasteiger partial charge is 0.354 e. The Bertz CT molecular complexity index is 736. The Morgan fingerprint density at radius 2 is 1.92 bits per heavy atom. The lowest BCUT2D eigenvalue weighted by atomic mass is 10.1. The summed E-state index contributed by atoms with van der Waals surface area (Å²) in [5, 5.41) is 2.75. The molecule has 0 heterocycles. The molecule has 0 spiro atoms. The lowest BCUT2D eigenvalue weighted by Gasteiger charge is -2.22. The van der Waals surface area contributed by atoms with Gasteiger partial charge in [0.25, 0.3) is 0 Å². The average Bonchev–Trinajstić information content (AvgIpc) is 2.52. The molecule has 1 N–H and O–H groups in total. The minimum atomic E-state index is -0.364. The highest BCUT2D eigenvalue weighted by Crippen LogP contribution is 2.25. The zero-order valence-corrected chi connectivity index (χ0v) is 14.8. The summed E-state index contributed by atoms with van der Waals surface area (Å²) in [6, 6.07) is 13.3. The summed E-state index contributed by atoms with van der Waals surface area (Å²) in [6.07, 6.45) is 0.104. The normalized spacial score (nSPS) is 10.3. The van der Waals surface area contributed by atoms with Gasteiger partial charge in [-0.3, -0.25) is 9.59 Å². The summed E-state index contributed by atoms with van der Waals surface area (Å²) in [4.78, 5) is 25.4. The topological polar surface area (TPSA) is 49.4 Å². The van der Waals surface area contributed by atoms with Crippen molar-refractivity contribution in [3.05, 3.63) is 64.4 Å². The summed E-state index contributed by atoms with van der Waals surface area (Å²) < 4.78 is 13.9. The smallest absolute Gasteiger partial charge is 0.224 e. The number of para-hydroxylation sites is 1. The number of nitrogens with zero attached hydrogens (tertiary/aromatic N) is 1. The Labute approximate surface area is 148 Å². The van der Waals surface area contributed by atoms with Crippen molar-refractivity contribution >= 4 is 33.4 Å². The van der Waals surface area contributed by atoms with Crippen molar-refractivity contribution in [3.8, 4) is 0 Å². The molecule has 2 aromatic rings. The number of halogens is 2. The van der Waals surface area contributed by atoms with E-state index in [2.05, 4.69) is 21.2 Å². The molecule has 0 saturated carbocycles. The van der Waals surface area contributed by atoms with Crippen LogP contribution in [-0.4, -0.2) is 24.9 Å². The molecular weight excluding hydrogens is 375 g/mol. The van der Waals surface area contributed by atoms with Crippen molar-refractivity contribution < 1.29 is 14.0 Å². The summed E-state index contributed by atoms with van der Waals surface area (Å²) >= 11 is 3.42. The highest BCUT2D eigenvalue weighted by Gasteiger charge is 2.14. The Balaban J connectivity index is 1.90. The zero-order chi connectivity index (χ0) is 17.5. The number of hydrogen-bond donors (Lipinski definition) is 1. The lowest BCUT2D eigenvalue weighted by molar-refractivity contribution is -0.121. The van der Waals surface area contributed by atoms with Crippen LogP contribution < -0.4 is 10.2 Å². The maximum Gasteiger partial charge on any atom is 0.224 e. The minimum Gasteiger partial charge on any atom is -0.354 e. The third-order valence-corrected chi connectivity index (χ3v) is 4.11. The van der Waals surface area contributed by atoms with Gasteiger partial charge in [0.2, 0.25) is 11.8 Å². The van der Waals surface area contributed by atoms with Crippen LogP contribution in [0, 0.1) is 5.82 Å². The van der Waals surface area contributed by atoms with E-state index in [4.69, 9.17) is 0 Å². The number of nitrogens with one attached hydrogen (secondary N) is 1. The first kappa shape index (κ1) is 18.1. The van der Waals surface area contributed by atoms with Crippen LogP contribution in [0.25, 0.3) is 0 Å². The van der Waals surface area contributed by atoms with Crippen LogP contribution in [0.3, 0.4) is 0 Å². The number of anilines is 1. The Kier molecular flexibility index (Phi) is 6.49. The molecule has 0 aliphatic heterocycles. The fourth-order valence-electron chi connectivity index (χ4n) is 2.32. The second kappa shape index (κ2) is 8.59. The van der Waals surface area contributed by atoms with Crippen molar-refractivity contribution in [2.75, 3.05) is 18.0 Å². The SMILES string of the molecule is CC(=O)N(CCNC(=O)Cc1cccc(F)c1)c1ccccc1Br. The van der Waals surface area contributed by atoms with Gasteiger partial charge in [-0.1, -0.05) is 24.3 Å². The predicted octanol–water partition coefficient (Wildman–Crippen LogP) is 3.30. The molecule has 2 amide bonds. The van der Waals surface area contributed by atoms with E-state index in [1.54, 1.807) is 17.0 Å². The molecular formula is C18H18BrFN2O2. The first-order valence-electron chi connectivity index (χ1n) is 7.51. The number of rotatable bonds is 6. The molecule has 126 valence electrons. The zero-order valence-electron chi connectivity index (χ0n) is 13.3. The van der Waals surface area contributed by atoms with E-state index in [0.29, 0.717) is 18.7 Å². The Morgan fingerprint density at radius 3 is 2.58 bits per heavy atom. The highest BCUT2D eigenvalue weighted by atomic mass is 79.9. The molecule has 0 radical (unpaired) electrons. The monoisotopic (exact) mass is 392 g/mol. The lowest BCUT2D eigenvalue weighted by Crippen LogP contribution is -2.38. The first-order chi connectivity index (χ1) is 11.5. The highest BCUT2D eigenvalue weighted by molar-refractivity contribution is 9.10. The average molecular weight is 393 g/mol. The summed E-state index contributed by atoms with van der Waals surface area (Å²) in [6.45, 7) is 2.15. The molecule has 0 fully saturated rings. The molecule has 0 aromatic heterocycles. The number of benzene rings is 2. The van der Waals surface area contributed by atoms with Gasteiger partial charge < -0.3 is 10.2 Å².